The number of hydrogen-bond donors (Lipinski definition) is 1. The summed E-state index contributed by atoms with van der Waals surface area (Å²) >= 11 is 0. The van der Waals surface area contributed by atoms with Gasteiger partial charge in [0.1, 0.15) is 23.0 Å². The van der Waals surface area contributed by atoms with E-state index in [-0.39, 0.29) is 17.5 Å². The Balaban J connectivity index is 1.54. The van der Waals surface area contributed by atoms with Gasteiger partial charge in [-0.15, -0.1) is 15.3 Å². The molecule has 1 unspecified atom stereocenters. The summed E-state index contributed by atoms with van der Waals surface area (Å²) in [6, 6.07) is 18.2. The van der Waals surface area contributed by atoms with Crippen LogP contribution in [0.25, 0.3) is 17.0 Å². The van der Waals surface area contributed by atoms with Crippen LogP contribution in [-0.2, 0) is 0 Å². The van der Waals surface area contributed by atoms with Gasteiger partial charge in [-0.2, -0.15) is 4.52 Å². The van der Waals surface area contributed by atoms with Crippen molar-refractivity contribution in [3.63, 3.8) is 0 Å². The number of nitrogens with one attached hydrogen (secondary N) is 1. The number of ether oxygens (including phenoxy) is 1. The Kier molecular flexibility index (Phi) is 3.97. The smallest absolute Gasteiger partial charge is 0.188 e. The SMILES string of the molecule is CC1(C)CC(Nc2ccc3nnc(-c4ccccc4F)n3n2)c2ccccc2O1. The largest absolute Gasteiger partial charge is 0.487 e. The second-order valence-corrected chi connectivity index (χ2v) is 7.79. The van der Waals surface area contributed by atoms with Crippen LogP contribution < -0.4 is 10.1 Å². The van der Waals surface area contributed by atoms with E-state index >= 15 is 0 Å². The minimum absolute atomic E-state index is 0.0355. The Bertz CT molecular complexity index is 1200. The minimum Gasteiger partial charge on any atom is -0.487 e. The summed E-state index contributed by atoms with van der Waals surface area (Å²) in [5.41, 5.74) is 1.71. The molecule has 0 aliphatic carbocycles. The van der Waals surface area contributed by atoms with Crippen LogP contribution in [0.4, 0.5) is 10.2 Å². The summed E-state index contributed by atoms with van der Waals surface area (Å²) in [4.78, 5) is 0. The number of anilines is 1. The molecule has 0 amide bonds. The van der Waals surface area contributed by atoms with Crippen molar-refractivity contribution in [2.24, 2.45) is 0 Å². The zero-order valence-electron chi connectivity index (χ0n) is 16.1. The third-order valence-electron chi connectivity index (χ3n) is 5.08. The highest BCUT2D eigenvalue weighted by Gasteiger charge is 2.33. The van der Waals surface area contributed by atoms with Gasteiger partial charge >= 0.3 is 0 Å². The maximum absolute atomic E-state index is 14.3. The van der Waals surface area contributed by atoms with E-state index in [1.54, 1.807) is 22.7 Å². The fourth-order valence-electron chi connectivity index (χ4n) is 3.79. The van der Waals surface area contributed by atoms with Crippen molar-refractivity contribution in [3.05, 3.63) is 72.0 Å². The molecule has 0 spiro atoms. The number of benzene rings is 2. The lowest BCUT2D eigenvalue weighted by atomic mass is 9.90. The summed E-state index contributed by atoms with van der Waals surface area (Å²) in [5.74, 6) is 1.54. The molecule has 0 bridgehead atoms. The predicted octanol–water partition coefficient (Wildman–Crippen LogP) is 4.64. The second-order valence-electron chi connectivity index (χ2n) is 7.79. The van der Waals surface area contributed by atoms with E-state index in [0.29, 0.717) is 22.9 Å². The van der Waals surface area contributed by atoms with Crippen molar-refractivity contribution in [2.75, 3.05) is 5.32 Å². The van der Waals surface area contributed by atoms with E-state index in [4.69, 9.17) is 4.74 Å². The number of hydrogen-bond acceptors (Lipinski definition) is 5. The second kappa shape index (κ2) is 6.55. The molecule has 1 aliphatic heterocycles. The normalized spacial score (nSPS) is 17.6. The molecule has 4 aromatic rings. The Morgan fingerprint density at radius 1 is 1.03 bits per heavy atom. The molecule has 3 heterocycles. The summed E-state index contributed by atoms with van der Waals surface area (Å²) < 4.78 is 21.9. The molecule has 7 heteroatoms. The predicted molar refractivity (Wildman–Crippen MR) is 108 cm³/mol. The van der Waals surface area contributed by atoms with Gasteiger partial charge in [-0.05, 0) is 44.2 Å². The van der Waals surface area contributed by atoms with Crippen molar-refractivity contribution in [2.45, 2.75) is 31.9 Å². The van der Waals surface area contributed by atoms with Crippen LogP contribution in [0.2, 0.25) is 0 Å². The van der Waals surface area contributed by atoms with Crippen LogP contribution >= 0.6 is 0 Å². The number of halogens is 1. The number of aromatic nitrogens is 4. The minimum atomic E-state index is -0.359. The van der Waals surface area contributed by atoms with Gasteiger partial charge in [0.15, 0.2) is 11.5 Å². The molecule has 0 fully saturated rings. The van der Waals surface area contributed by atoms with E-state index in [9.17, 15) is 4.39 Å². The molecule has 6 nitrogen and oxygen atoms in total. The van der Waals surface area contributed by atoms with Gasteiger partial charge in [0.2, 0.25) is 0 Å². The lowest BCUT2D eigenvalue weighted by molar-refractivity contribution is 0.0758. The van der Waals surface area contributed by atoms with Crippen LogP contribution in [0.3, 0.4) is 0 Å². The highest BCUT2D eigenvalue weighted by molar-refractivity contribution is 5.60. The van der Waals surface area contributed by atoms with Crippen LogP contribution in [0.15, 0.2) is 60.7 Å². The van der Waals surface area contributed by atoms with Gasteiger partial charge in [-0.25, -0.2) is 4.39 Å². The van der Waals surface area contributed by atoms with Crippen LogP contribution in [-0.4, -0.2) is 25.4 Å². The van der Waals surface area contributed by atoms with E-state index in [2.05, 4.69) is 40.5 Å². The van der Waals surface area contributed by atoms with Gasteiger partial charge in [-0.1, -0.05) is 30.3 Å². The maximum atomic E-state index is 14.3. The highest BCUT2D eigenvalue weighted by Crippen LogP contribution is 2.40. The standard InChI is InChI=1S/C22H20FN5O/c1-22(2)13-17(15-8-4-6-10-18(15)29-22)24-19-11-12-20-25-26-21(28(20)27-19)14-7-3-5-9-16(14)23/h3-12,17H,13H2,1-2H3,(H,24,27). The third-order valence-corrected chi connectivity index (χ3v) is 5.08. The third kappa shape index (κ3) is 3.18. The molecule has 0 saturated heterocycles. The zero-order valence-corrected chi connectivity index (χ0v) is 16.1. The monoisotopic (exact) mass is 389 g/mol. The molecule has 1 aliphatic rings. The Labute approximate surface area is 167 Å². The number of rotatable bonds is 3. The highest BCUT2D eigenvalue weighted by atomic mass is 19.1. The first-order chi connectivity index (χ1) is 14.0. The Hall–Kier alpha value is -3.48. The molecule has 1 N–H and O–H groups in total. The maximum Gasteiger partial charge on any atom is 0.188 e. The van der Waals surface area contributed by atoms with Crippen LogP contribution in [0.1, 0.15) is 31.9 Å². The van der Waals surface area contributed by atoms with Gasteiger partial charge in [0.05, 0.1) is 11.6 Å². The Morgan fingerprint density at radius 3 is 2.69 bits per heavy atom. The quantitative estimate of drug-likeness (QED) is 0.553. The van der Waals surface area contributed by atoms with Crippen molar-refractivity contribution in [1.29, 1.82) is 0 Å². The molecule has 5 rings (SSSR count). The molecule has 0 saturated carbocycles. The van der Waals surface area contributed by atoms with E-state index in [1.807, 2.05) is 30.3 Å². The fourth-order valence-corrected chi connectivity index (χ4v) is 3.79. The molecule has 2 aromatic heterocycles. The first-order valence-electron chi connectivity index (χ1n) is 9.52. The zero-order chi connectivity index (χ0) is 20.0. The van der Waals surface area contributed by atoms with Crippen molar-refractivity contribution in [1.82, 2.24) is 19.8 Å². The summed E-state index contributed by atoms with van der Waals surface area (Å²) in [5, 5.41) is 16.4. The number of nitrogens with zero attached hydrogens (tertiary/aromatic N) is 4. The lowest BCUT2D eigenvalue weighted by Gasteiger charge is -2.38. The summed E-state index contributed by atoms with van der Waals surface area (Å²) in [6.45, 7) is 4.15. The fraction of sp³-hybridized carbons (Fsp3) is 0.227. The first kappa shape index (κ1) is 17.6. The molecular weight excluding hydrogens is 369 g/mol. The van der Waals surface area contributed by atoms with Gasteiger partial charge in [0, 0.05) is 12.0 Å². The molecule has 29 heavy (non-hydrogen) atoms. The Morgan fingerprint density at radius 2 is 1.83 bits per heavy atom. The van der Waals surface area contributed by atoms with E-state index in [1.165, 1.54) is 6.07 Å². The van der Waals surface area contributed by atoms with Crippen LogP contribution in [0, 0.1) is 5.82 Å². The molecular formula is C22H20FN5O. The molecule has 2 aromatic carbocycles. The van der Waals surface area contributed by atoms with E-state index in [0.717, 1.165) is 17.7 Å². The van der Waals surface area contributed by atoms with Crippen molar-refractivity contribution < 1.29 is 9.13 Å². The topological polar surface area (TPSA) is 64.3 Å². The van der Waals surface area contributed by atoms with Gasteiger partial charge in [-0.3, -0.25) is 0 Å². The average molecular weight is 389 g/mol. The van der Waals surface area contributed by atoms with Gasteiger partial charge in [0.25, 0.3) is 0 Å². The lowest BCUT2D eigenvalue weighted by Crippen LogP contribution is -2.37. The van der Waals surface area contributed by atoms with Gasteiger partial charge < -0.3 is 10.1 Å². The van der Waals surface area contributed by atoms with Crippen molar-refractivity contribution in [3.8, 4) is 17.1 Å². The van der Waals surface area contributed by atoms with Crippen LogP contribution in [0.5, 0.6) is 5.75 Å². The number of fused-ring (bicyclic) bond motifs is 2. The summed E-state index contributed by atoms with van der Waals surface area (Å²) in [7, 11) is 0. The van der Waals surface area contributed by atoms with E-state index < -0.39 is 0 Å². The first-order valence-corrected chi connectivity index (χ1v) is 9.52. The molecule has 1 atom stereocenters. The molecule has 0 radical (unpaired) electrons. The summed E-state index contributed by atoms with van der Waals surface area (Å²) in [6.07, 6.45) is 0.784. The number of para-hydroxylation sites is 1. The van der Waals surface area contributed by atoms with Crippen molar-refractivity contribution >= 4 is 11.5 Å². The molecule has 146 valence electrons. The average Bonchev–Trinajstić information content (AvgIpc) is 3.10.